The highest BCUT2D eigenvalue weighted by atomic mass is 15.3. The fraction of sp³-hybridized carbons (Fsp3) is 0.188. The highest BCUT2D eigenvalue weighted by Gasteiger charge is 2.07. The lowest BCUT2D eigenvalue weighted by atomic mass is 10.1. The second-order valence-electron chi connectivity index (χ2n) is 4.98. The zero-order chi connectivity index (χ0) is 14.7. The normalized spacial score (nSPS) is 10.8. The molecule has 3 rings (SSSR count). The molecule has 106 valence electrons. The van der Waals surface area contributed by atoms with Gasteiger partial charge in [-0.3, -0.25) is 0 Å². The number of rotatable bonds is 4. The maximum Gasteiger partial charge on any atom is 0.245 e. The highest BCUT2D eigenvalue weighted by Crippen LogP contribution is 2.14. The Bertz CT molecular complexity index is 756. The predicted octanol–water partition coefficient (Wildman–Crippen LogP) is 2.12. The zero-order valence-corrected chi connectivity index (χ0v) is 11.9. The first-order valence-electron chi connectivity index (χ1n) is 6.85. The van der Waals surface area contributed by atoms with Gasteiger partial charge in [0.1, 0.15) is 5.52 Å². The van der Waals surface area contributed by atoms with E-state index in [4.69, 9.17) is 5.73 Å². The Hall–Kier alpha value is -2.53. The zero-order valence-electron chi connectivity index (χ0n) is 11.9. The maximum absolute atomic E-state index is 5.67. The summed E-state index contributed by atoms with van der Waals surface area (Å²) in [5, 5.41) is 8.39. The van der Waals surface area contributed by atoms with Crippen LogP contribution < -0.4 is 10.6 Å². The van der Waals surface area contributed by atoms with Gasteiger partial charge in [-0.15, -0.1) is 10.2 Å². The molecule has 0 saturated heterocycles. The van der Waals surface area contributed by atoms with Crippen LogP contribution in [0.25, 0.3) is 11.0 Å². The molecular weight excluding hydrogens is 262 g/mol. The minimum Gasteiger partial charge on any atom is -0.338 e. The Kier molecular flexibility index (Phi) is 3.75. The number of nitrogens with two attached hydrogens (primary N) is 1. The molecule has 0 spiro atoms. The van der Waals surface area contributed by atoms with Crippen molar-refractivity contribution in [3.05, 3.63) is 59.7 Å². The number of aromatic nitrogens is 3. The minimum absolute atomic E-state index is 0.547. The van der Waals surface area contributed by atoms with Crippen LogP contribution in [0.5, 0.6) is 0 Å². The monoisotopic (exact) mass is 279 g/mol. The molecule has 0 aliphatic carbocycles. The van der Waals surface area contributed by atoms with E-state index in [1.165, 1.54) is 5.56 Å². The van der Waals surface area contributed by atoms with Gasteiger partial charge in [-0.25, -0.2) is 4.98 Å². The lowest BCUT2D eigenvalue weighted by molar-refractivity contribution is 0.843. The van der Waals surface area contributed by atoms with Gasteiger partial charge in [-0.05, 0) is 23.3 Å². The van der Waals surface area contributed by atoms with E-state index in [-0.39, 0.29) is 0 Å². The number of hydrogen-bond donors (Lipinski definition) is 1. The largest absolute Gasteiger partial charge is 0.338 e. The minimum atomic E-state index is 0.547. The summed E-state index contributed by atoms with van der Waals surface area (Å²) in [6.45, 7) is 1.26. The van der Waals surface area contributed by atoms with Crippen LogP contribution in [0, 0.1) is 0 Å². The molecule has 21 heavy (non-hydrogen) atoms. The van der Waals surface area contributed by atoms with E-state index in [0.29, 0.717) is 19.0 Å². The first-order chi connectivity index (χ1) is 10.3. The summed E-state index contributed by atoms with van der Waals surface area (Å²) in [6.07, 6.45) is 0. The van der Waals surface area contributed by atoms with Gasteiger partial charge in [0.2, 0.25) is 5.95 Å². The average molecular weight is 279 g/mol. The molecule has 0 radical (unpaired) electrons. The van der Waals surface area contributed by atoms with E-state index in [1.807, 2.05) is 48.3 Å². The Labute approximate surface area is 123 Å². The van der Waals surface area contributed by atoms with Crippen molar-refractivity contribution in [2.24, 2.45) is 5.73 Å². The summed E-state index contributed by atoms with van der Waals surface area (Å²) < 4.78 is 0. The maximum atomic E-state index is 5.67. The van der Waals surface area contributed by atoms with Crippen LogP contribution in [0.3, 0.4) is 0 Å². The highest BCUT2D eigenvalue weighted by molar-refractivity contribution is 5.74. The first-order valence-corrected chi connectivity index (χ1v) is 6.85. The van der Waals surface area contributed by atoms with E-state index in [0.717, 1.165) is 16.6 Å². The van der Waals surface area contributed by atoms with Gasteiger partial charge in [0.25, 0.3) is 0 Å². The molecule has 2 aromatic carbocycles. The van der Waals surface area contributed by atoms with Crippen LogP contribution >= 0.6 is 0 Å². The number of para-hydroxylation sites is 1. The first kappa shape index (κ1) is 13.5. The number of nitrogens with zero attached hydrogens (tertiary/aromatic N) is 4. The third-order valence-electron chi connectivity index (χ3n) is 3.34. The number of anilines is 1. The molecule has 2 N–H and O–H groups in total. The summed E-state index contributed by atoms with van der Waals surface area (Å²) in [6, 6.07) is 15.9. The molecule has 1 heterocycles. The van der Waals surface area contributed by atoms with Gasteiger partial charge in [-0.1, -0.05) is 36.4 Å². The lowest BCUT2D eigenvalue weighted by Gasteiger charge is -2.17. The van der Waals surface area contributed by atoms with Gasteiger partial charge in [0, 0.05) is 20.1 Å². The van der Waals surface area contributed by atoms with Crippen LogP contribution in [-0.4, -0.2) is 22.2 Å². The van der Waals surface area contributed by atoms with Crippen LogP contribution in [0.15, 0.2) is 48.5 Å². The summed E-state index contributed by atoms with van der Waals surface area (Å²) in [5.41, 5.74) is 9.63. The fourth-order valence-corrected chi connectivity index (χ4v) is 2.23. The van der Waals surface area contributed by atoms with Crippen molar-refractivity contribution in [2.75, 3.05) is 11.9 Å². The van der Waals surface area contributed by atoms with Crippen molar-refractivity contribution in [3.63, 3.8) is 0 Å². The van der Waals surface area contributed by atoms with Gasteiger partial charge in [-0.2, -0.15) is 0 Å². The summed E-state index contributed by atoms with van der Waals surface area (Å²) in [7, 11) is 1.96. The summed E-state index contributed by atoms with van der Waals surface area (Å²) in [5.74, 6) is 0.617. The van der Waals surface area contributed by atoms with Gasteiger partial charge in [0.05, 0.1) is 5.52 Å². The van der Waals surface area contributed by atoms with Gasteiger partial charge in [0.15, 0.2) is 0 Å². The summed E-state index contributed by atoms with van der Waals surface area (Å²) in [4.78, 5) is 6.52. The Morgan fingerprint density at radius 1 is 0.952 bits per heavy atom. The number of benzene rings is 2. The molecular formula is C16H17N5. The van der Waals surface area contributed by atoms with E-state index in [1.54, 1.807) is 0 Å². The molecule has 0 saturated carbocycles. The predicted molar refractivity (Wildman–Crippen MR) is 83.8 cm³/mol. The van der Waals surface area contributed by atoms with Crippen LogP contribution in [0.1, 0.15) is 11.1 Å². The molecule has 0 fully saturated rings. The van der Waals surface area contributed by atoms with Crippen molar-refractivity contribution in [1.29, 1.82) is 0 Å². The van der Waals surface area contributed by atoms with Gasteiger partial charge >= 0.3 is 0 Å². The molecule has 0 bridgehead atoms. The molecule has 0 aliphatic heterocycles. The molecule has 0 unspecified atom stereocenters. The van der Waals surface area contributed by atoms with Crippen LogP contribution in [0.4, 0.5) is 5.95 Å². The molecule has 3 aromatic rings. The Morgan fingerprint density at radius 2 is 1.71 bits per heavy atom. The van der Waals surface area contributed by atoms with E-state index in [9.17, 15) is 0 Å². The molecule has 5 heteroatoms. The van der Waals surface area contributed by atoms with Crippen molar-refractivity contribution < 1.29 is 0 Å². The van der Waals surface area contributed by atoms with Crippen LogP contribution in [-0.2, 0) is 13.1 Å². The summed E-state index contributed by atoms with van der Waals surface area (Å²) >= 11 is 0. The van der Waals surface area contributed by atoms with E-state index < -0.39 is 0 Å². The van der Waals surface area contributed by atoms with Crippen molar-refractivity contribution in [3.8, 4) is 0 Å². The van der Waals surface area contributed by atoms with E-state index >= 15 is 0 Å². The second-order valence-corrected chi connectivity index (χ2v) is 4.98. The van der Waals surface area contributed by atoms with E-state index in [2.05, 4.69) is 27.3 Å². The quantitative estimate of drug-likeness (QED) is 0.792. The third kappa shape index (κ3) is 2.98. The SMILES string of the molecule is CN(Cc1cccc(CN)c1)c1nnc2ccccc2n1. The van der Waals surface area contributed by atoms with Gasteiger partial charge < -0.3 is 10.6 Å². The topological polar surface area (TPSA) is 67.9 Å². The standard InChI is InChI=1S/C16H17N5/c1-21(11-13-6-4-5-12(9-13)10-17)16-18-14-7-2-3-8-15(14)19-20-16/h2-9H,10-11,17H2,1H3. The Balaban J connectivity index is 1.84. The third-order valence-corrected chi connectivity index (χ3v) is 3.34. The molecule has 0 aliphatic rings. The Morgan fingerprint density at radius 3 is 2.52 bits per heavy atom. The number of hydrogen-bond acceptors (Lipinski definition) is 5. The molecule has 5 nitrogen and oxygen atoms in total. The van der Waals surface area contributed by atoms with Crippen molar-refractivity contribution >= 4 is 17.0 Å². The van der Waals surface area contributed by atoms with Crippen molar-refractivity contribution in [2.45, 2.75) is 13.1 Å². The lowest BCUT2D eigenvalue weighted by Crippen LogP contribution is -2.19. The second kappa shape index (κ2) is 5.85. The number of fused-ring (bicyclic) bond motifs is 1. The molecule has 1 aromatic heterocycles. The van der Waals surface area contributed by atoms with Crippen molar-refractivity contribution in [1.82, 2.24) is 15.2 Å². The molecule has 0 amide bonds. The molecule has 0 atom stereocenters. The smallest absolute Gasteiger partial charge is 0.245 e. The fourth-order valence-electron chi connectivity index (χ4n) is 2.23. The average Bonchev–Trinajstić information content (AvgIpc) is 2.54. The van der Waals surface area contributed by atoms with Crippen LogP contribution in [0.2, 0.25) is 0 Å².